The molecule has 0 spiro atoms. The average molecular weight is 402 g/mol. The first kappa shape index (κ1) is 20.8. The molecule has 0 fully saturated rings. The fraction of sp³-hybridized carbons (Fsp3) is 0.250. The Hall–Kier alpha value is -2.49. The fourth-order valence-corrected chi connectivity index (χ4v) is 3.47. The van der Waals surface area contributed by atoms with Gasteiger partial charge in [-0.1, -0.05) is 35.9 Å². The minimum Gasteiger partial charge on any atom is -0.349 e. The number of nitrogens with one attached hydrogen (secondary N) is 2. The number of carbonyl (C=O) groups excluding carboxylic acids is 2. The minimum absolute atomic E-state index is 0.0956. The zero-order valence-electron chi connectivity index (χ0n) is 14.9. The lowest BCUT2D eigenvalue weighted by Crippen LogP contribution is -2.29. The largest absolute Gasteiger partial charge is 0.349 e. The lowest BCUT2D eigenvalue weighted by molar-refractivity contribution is -0.120. The lowest BCUT2D eigenvalue weighted by Gasteiger charge is -2.19. The molecule has 0 aliphatic heterocycles. The van der Waals surface area contributed by atoms with E-state index in [1.165, 1.54) is 18.7 Å². The standard InChI is InChI=1S/C20H20ClN3O2S/c1-14(25)23-18(15-7-9-16(21)10-8-15)13-20(26)24-17-5-2-3-6-19(17)27-12-4-11-22/h2-3,5-10,18H,4,12-13H2,1H3,(H,23,25)(H,24,26). The van der Waals surface area contributed by atoms with Gasteiger partial charge < -0.3 is 10.6 Å². The SMILES string of the molecule is CC(=O)NC(CC(=O)Nc1ccccc1SCCC#N)c1ccc(Cl)cc1. The highest BCUT2D eigenvalue weighted by atomic mass is 35.5. The third-order valence-electron chi connectivity index (χ3n) is 3.67. The van der Waals surface area contributed by atoms with Gasteiger partial charge in [0.1, 0.15) is 0 Å². The van der Waals surface area contributed by atoms with Crippen molar-refractivity contribution >= 4 is 40.9 Å². The van der Waals surface area contributed by atoms with E-state index >= 15 is 0 Å². The molecule has 2 aromatic carbocycles. The van der Waals surface area contributed by atoms with E-state index in [9.17, 15) is 9.59 Å². The van der Waals surface area contributed by atoms with E-state index in [0.717, 1.165) is 10.5 Å². The van der Waals surface area contributed by atoms with E-state index in [2.05, 4.69) is 16.7 Å². The molecule has 0 aromatic heterocycles. The van der Waals surface area contributed by atoms with Gasteiger partial charge in [0.2, 0.25) is 11.8 Å². The average Bonchev–Trinajstić information content (AvgIpc) is 2.63. The second-order valence-corrected chi connectivity index (χ2v) is 7.38. The van der Waals surface area contributed by atoms with Crippen LogP contribution in [0.1, 0.15) is 31.4 Å². The number of amides is 2. The summed E-state index contributed by atoms with van der Waals surface area (Å²) in [7, 11) is 0. The van der Waals surface area contributed by atoms with Crippen molar-refractivity contribution in [2.75, 3.05) is 11.1 Å². The number of nitrogens with zero attached hydrogens (tertiary/aromatic N) is 1. The molecule has 0 bridgehead atoms. The van der Waals surface area contributed by atoms with Crippen molar-refractivity contribution in [2.45, 2.75) is 30.7 Å². The molecule has 140 valence electrons. The highest BCUT2D eigenvalue weighted by molar-refractivity contribution is 7.99. The Morgan fingerprint density at radius 1 is 1.19 bits per heavy atom. The highest BCUT2D eigenvalue weighted by Crippen LogP contribution is 2.28. The van der Waals surface area contributed by atoms with Gasteiger partial charge in [0.05, 0.1) is 24.2 Å². The first-order valence-corrected chi connectivity index (χ1v) is 9.77. The number of anilines is 1. The molecule has 5 nitrogen and oxygen atoms in total. The van der Waals surface area contributed by atoms with Gasteiger partial charge in [-0.05, 0) is 29.8 Å². The van der Waals surface area contributed by atoms with Crippen molar-refractivity contribution in [2.24, 2.45) is 0 Å². The van der Waals surface area contributed by atoms with E-state index in [-0.39, 0.29) is 18.2 Å². The van der Waals surface area contributed by atoms with Gasteiger partial charge >= 0.3 is 0 Å². The number of benzene rings is 2. The summed E-state index contributed by atoms with van der Waals surface area (Å²) in [4.78, 5) is 25.0. The maximum absolute atomic E-state index is 12.6. The first-order chi connectivity index (χ1) is 13.0. The van der Waals surface area contributed by atoms with Gasteiger partial charge in [0.15, 0.2) is 0 Å². The van der Waals surface area contributed by atoms with Crippen LogP contribution in [0.4, 0.5) is 5.69 Å². The molecule has 2 rings (SSSR count). The summed E-state index contributed by atoms with van der Waals surface area (Å²) >= 11 is 7.44. The van der Waals surface area contributed by atoms with Crippen LogP contribution in [0.3, 0.4) is 0 Å². The van der Waals surface area contributed by atoms with Gasteiger partial charge in [-0.25, -0.2) is 0 Å². The molecular formula is C20H20ClN3O2S. The number of hydrogen-bond donors (Lipinski definition) is 2. The van der Waals surface area contributed by atoms with Crippen molar-refractivity contribution in [3.63, 3.8) is 0 Å². The maximum Gasteiger partial charge on any atom is 0.226 e. The fourth-order valence-electron chi connectivity index (χ4n) is 2.48. The summed E-state index contributed by atoms with van der Waals surface area (Å²) in [6.07, 6.45) is 0.534. The molecule has 0 aliphatic rings. The summed E-state index contributed by atoms with van der Waals surface area (Å²) in [5.74, 6) is 0.232. The molecule has 0 aliphatic carbocycles. The Morgan fingerprint density at radius 3 is 2.56 bits per heavy atom. The second kappa shape index (κ2) is 10.6. The minimum atomic E-state index is -0.446. The molecule has 1 atom stereocenters. The van der Waals surface area contributed by atoms with Gasteiger partial charge in [0.25, 0.3) is 0 Å². The number of nitriles is 1. The number of hydrogen-bond acceptors (Lipinski definition) is 4. The summed E-state index contributed by atoms with van der Waals surface area (Å²) in [6, 6.07) is 16.2. The molecule has 0 heterocycles. The van der Waals surface area contributed by atoms with Crippen molar-refractivity contribution < 1.29 is 9.59 Å². The van der Waals surface area contributed by atoms with Crippen molar-refractivity contribution in [1.82, 2.24) is 5.32 Å². The van der Waals surface area contributed by atoms with Crippen LogP contribution in [-0.4, -0.2) is 17.6 Å². The molecule has 27 heavy (non-hydrogen) atoms. The van der Waals surface area contributed by atoms with E-state index in [4.69, 9.17) is 16.9 Å². The van der Waals surface area contributed by atoms with Crippen molar-refractivity contribution in [1.29, 1.82) is 5.26 Å². The van der Waals surface area contributed by atoms with E-state index in [0.29, 0.717) is 22.9 Å². The van der Waals surface area contributed by atoms with Crippen LogP contribution < -0.4 is 10.6 Å². The Bertz CT molecular complexity index is 834. The van der Waals surface area contributed by atoms with Crippen molar-refractivity contribution in [3.8, 4) is 6.07 Å². The van der Waals surface area contributed by atoms with Gasteiger partial charge in [-0.15, -0.1) is 11.8 Å². The normalized spacial score (nSPS) is 11.3. The zero-order chi connectivity index (χ0) is 19.6. The number of para-hydroxylation sites is 1. The van der Waals surface area contributed by atoms with Gasteiger partial charge in [-0.2, -0.15) is 5.26 Å². The quantitative estimate of drug-likeness (QED) is 0.502. The number of halogens is 1. The topological polar surface area (TPSA) is 82.0 Å². The number of carbonyl (C=O) groups is 2. The third-order valence-corrected chi connectivity index (χ3v) is 5.00. The summed E-state index contributed by atoms with van der Waals surface area (Å²) < 4.78 is 0. The molecule has 1 unspecified atom stereocenters. The lowest BCUT2D eigenvalue weighted by atomic mass is 10.0. The summed E-state index contributed by atoms with van der Waals surface area (Å²) in [5.41, 5.74) is 1.50. The number of thioether (sulfide) groups is 1. The van der Waals surface area contributed by atoms with Gasteiger partial charge in [0, 0.05) is 29.0 Å². The van der Waals surface area contributed by atoms with Crippen LogP contribution in [0.15, 0.2) is 53.4 Å². The van der Waals surface area contributed by atoms with Gasteiger partial charge in [-0.3, -0.25) is 9.59 Å². The first-order valence-electron chi connectivity index (χ1n) is 8.41. The Balaban J connectivity index is 2.08. The molecule has 0 saturated heterocycles. The van der Waals surface area contributed by atoms with Crippen LogP contribution >= 0.6 is 23.4 Å². The zero-order valence-corrected chi connectivity index (χ0v) is 16.4. The van der Waals surface area contributed by atoms with Crippen LogP contribution in [0.2, 0.25) is 5.02 Å². The van der Waals surface area contributed by atoms with Crippen LogP contribution in [-0.2, 0) is 9.59 Å². The third kappa shape index (κ3) is 6.97. The Labute approximate surface area is 168 Å². The molecule has 2 amide bonds. The molecule has 0 radical (unpaired) electrons. The highest BCUT2D eigenvalue weighted by Gasteiger charge is 2.18. The second-order valence-electron chi connectivity index (χ2n) is 5.81. The summed E-state index contributed by atoms with van der Waals surface area (Å²) in [6.45, 7) is 1.42. The smallest absolute Gasteiger partial charge is 0.226 e. The molecule has 2 aromatic rings. The van der Waals surface area contributed by atoms with E-state index in [1.807, 2.05) is 24.3 Å². The molecule has 2 N–H and O–H groups in total. The van der Waals surface area contributed by atoms with Crippen LogP contribution in [0, 0.1) is 11.3 Å². The maximum atomic E-state index is 12.6. The van der Waals surface area contributed by atoms with Crippen LogP contribution in [0.5, 0.6) is 0 Å². The Morgan fingerprint density at radius 2 is 1.89 bits per heavy atom. The van der Waals surface area contributed by atoms with E-state index < -0.39 is 6.04 Å². The molecule has 7 heteroatoms. The molecular weight excluding hydrogens is 382 g/mol. The molecule has 0 saturated carbocycles. The monoisotopic (exact) mass is 401 g/mol. The summed E-state index contributed by atoms with van der Waals surface area (Å²) in [5, 5.41) is 15.0. The predicted molar refractivity (Wildman–Crippen MR) is 109 cm³/mol. The number of rotatable bonds is 8. The Kier molecular flexibility index (Phi) is 8.18. The predicted octanol–water partition coefficient (Wildman–Crippen LogP) is 4.55. The van der Waals surface area contributed by atoms with Crippen LogP contribution in [0.25, 0.3) is 0 Å². The van der Waals surface area contributed by atoms with Crippen molar-refractivity contribution in [3.05, 3.63) is 59.1 Å². The van der Waals surface area contributed by atoms with E-state index in [1.54, 1.807) is 24.3 Å².